The van der Waals surface area contributed by atoms with E-state index in [4.69, 9.17) is 4.74 Å². The van der Waals surface area contributed by atoms with E-state index in [9.17, 15) is 0 Å². The first-order valence-corrected chi connectivity index (χ1v) is 9.07. The van der Waals surface area contributed by atoms with Crippen LogP contribution in [0.1, 0.15) is 40.0 Å². The lowest BCUT2D eigenvalue weighted by molar-refractivity contribution is 0.155. The standard InChI is InChI=1S/C22H27NO/c1-21(2)16-13-14-22(3,15-16)20(21)23-17-9-11-19(12-10-17)24-18-7-5-4-6-8-18/h4-12,16,20,23H,13-15H2,1-3H3. The summed E-state index contributed by atoms with van der Waals surface area (Å²) in [7, 11) is 0. The highest BCUT2D eigenvalue weighted by molar-refractivity contribution is 5.49. The molecule has 2 nitrogen and oxygen atoms in total. The van der Waals surface area contributed by atoms with Crippen molar-refractivity contribution in [2.24, 2.45) is 16.7 Å². The van der Waals surface area contributed by atoms with Crippen LogP contribution in [0.5, 0.6) is 11.5 Å². The van der Waals surface area contributed by atoms with Crippen molar-refractivity contribution in [3.63, 3.8) is 0 Å². The Balaban J connectivity index is 1.48. The molecule has 0 spiro atoms. The number of benzene rings is 2. The minimum Gasteiger partial charge on any atom is -0.457 e. The zero-order chi connectivity index (χ0) is 16.8. The predicted molar refractivity (Wildman–Crippen MR) is 99.6 cm³/mol. The molecular weight excluding hydrogens is 294 g/mol. The second kappa shape index (κ2) is 5.54. The molecule has 2 saturated carbocycles. The second-order valence-electron chi connectivity index (χ2n) is 8.43. The molecular formula is C22H27NO. The van der Waals surface area contributed by atoms with E-state index < -0.39 is 0 Å². The summed E-state index contributed by atoms with van der Waals surface area (Å²) in [5, 5.41) is 3.84. The van der Waals surface area contributed by atoms with Crippen LogP contribution >= 0.6 is 0 Å². The van der Waals surface area contributed by atoms with Crippen molar-refractivity contribution >= 4 is 5.69 Å². The SMILES string of the molecule is CC12CCC(C1)C(C)(C)C2Nc1ccc(Oc2ccccc2)cc1. The van der Waals surface area contributed by atoms with Crippen LogP contribution < -0.4 is 10.1 Å². The third kappa shape index (κ3) is 2.58. The summed E-state index contributed by atoms with van der Waals surface area (Å²) in [5.41, 5.74) is 2.00. The van der Waals surface area contributed by atoms with Gasteiger partial charge in [0.2, 0.25) is 0 Å². The Labute approximate surface area is 145 Å². The quantitative estimate of drug-likeness (QED) is 0.734. The smallest absolute Gasteiger partial charge is 0.127 e. The molecule has 0 saturated heterocycles. The molecule has 0 amide bonds. The highest BCUT2D eigenvalue weighted by Crippen LogP contribution is 2.63. The predicted octanol–water partition coefficient (Wildman–Crippen LogP) is 6.11. The molecule has 3 unspecified atom stereocenters. The summed E-state index contributed by atoms with van der Waals surface area (Å²) in [5.74, 6) is 2.62. The summed E-state index contributed by atoms with van der Waals surface area (Å²) in [4.78, 5) is 0. The molecule has 3 atom stereocenters. The average Bonchev–Trinajstić information content (AvgIpc) is 3.05. The Morgan fingerprint density at radius 2 is 1.58 bits per heavy atom. The molecule has 2 heteroatoms. The molecule has 2 aromatic carbocycles. The minimum absolute atomic E-state index is 0.367. The van der Waals surface area contributed by atoms with Crippen LogP contribution in [-0.2, 0) is 0 Å². The number of hydrogen-bond acceptors (Lipinski definition) is 2. The molecule has 0 aliphatic heterocycles. The number of ether oxygens (including phenoxy) is 1. The van der Waals surface area contributed by atoms with E-state index in [1.165, 1.54) is 24.9 Å². The normalized spacial score (nSPS) is 30.3. The molecule has 2 fully saturated rings. The number of rotatable bonds is 4. The van der Waals surface area contributed by atoms with Crippen LogP contribution in [0.2, 0.25) is 0 Å². The van der Waals surface area contributed by atoms with Crippen molar-refractivity contribution < 1.29 is 4.74 Å². The first-order chi connectivity index (χ1) is 11.5. The summed E-state index contributed by atoms with van der Waals surface area (Å²) in [6.45, 7) is 7.34. The number of para-hydroxylation sites is 1. The van der Waals surface area contributed by atoms with E-state index in [0.29, 0.717) is 16.9 Å². The van der Waals surface area contributed by atoms with Gasteiger partial charge in [0.1, 0.15) is 11.5 Å². The lowest BCUT2D eigenvalue weighted by Crippen LogP contribution is -2.45. The van der Waals surface area contributed by atoms with Gasteiger partial charge in [-0.2, -0.15) is 0 Å². The monoisotopic (exact) mass is 321 g/mol. The number of nitrogens with one attached hydrogen (secondary N) is 1. The molecule has 2 aliphatic carbocycles. The van der Waals surface area contributed by atoms with Crippen LogP contribution in [-0.4, -0.2) is 6.04 Å². The van der Waals surface area contributed by atoms with Crippen molar-refractivity contribution in [3.05, 3.63) is 54.6 Å². The Bertz CT molecular complexity index is 702. The third-order valence-electron chi connectivity index (χ3n) is 6.41. The number of hydrogen-bond donors (Lipinski definition) is 1. The van der Waals surface area contributed by atoms with Gasteiger partial charge in [0.05, 0.1) is 0 Å². The summed E-state index contributed by atoms with van der Waals surface area (Å²) in [6.07, 6.45) is 4.12. The molecule has 0 heterocycles. The van der Waals surface area contributed by atoms with Crippen molar-refractivity contribution in [1.29, 1.82) is 0 Å². The number of anilines is 1. The van der Waals surface area contributed by atoms with E-state index in [-0.39, 0.29) is 0 Å². The van der Waals surface area contributed by atoms with Crippen LogP contribution in [0.25, 0.3) is 0 Å². The fraction of sp³-hybridized carbons (Fsp3) is 0.455. The summed E-state index contributed by atoms with van der Waals surface area (Å²) in [6, 6.07) is 18.9. The van der Waals surface area contributed by atoms with E-state index in [1.54, 1.807) is 0 Å². The zero-order valence-corrected chi connectivity index (χ0v) is 14.9. The van der Waals surface area contributed by atoms with E-state index in [2.05, 4.69) is 50.4 Å². The highest BCUT2D eigenvalue weighted by atomic mass is 16.5. The van der Waals surface area contributed by atoms with Crippen molar-refractivity contribution in [3.8, 4) is 11.5 Å². The molecule has 0 radical (unpaired) electrons. The fourth-order valence-corrected chi connectivity index (χ4v) is 5.07. The van der Waals surface area contributed by atoms with E-state index in [1.807, 2.05) is 30.3 Å². The molecule has 4 rings (SSSR count). The van der Waals surface area contributed by atoms with Gasteiger partial charge in [-0.1, -0.05) is 39.0 Å². The molecule has 1 N–H and O–H groups in total. The maximum Gasteiger partial charge on any atom is 0.127 e. The molecule has 126 valence electrons. The maximum atomic E-state index is 5.89. The maximum absolute atomic E-state index is 5.89. The van der Waals surface area contributed by atoms with Gasteiger partial charge in [-0.25, -0.2) is 0 Å². The Morgan fingerprint density at radius 3 is 2.21 bits per heavy atom. The van der Waals surface area contributed by atoms with Crippen LogP contribution in [0.3, 0.4) is 0 Å². The average molecular weight is 321 g/mol. The van der Waals surface area contributed by atoms with Crippen LogP contribution in [0.4, 0.5) is 5.69 Å². The van der Waals surface area contributed by atoms with Gasteiger partial charge >= 0.3 is 0 Å². The van der Waals surface area contributed by atoms with Crippen molar-refractivity contribution in [2.75, 3.05) is 5.32 Å². The minimum atomic E-state index is 0.367. The van der Waals surface area contributed by atoms with Gasteiger partial charge in [-0.05, 0) is 72.4 Å². The lowest BCUT2D eigenvalue weighted by atomic mass is 9.68. The molecule has 2 bridgehead atoms. The first kappa shape index (κ1) is 15.6. The molecule has 0 aromatic heterocycles. The van der Waals surface area contributed by atoms with Gasteiger partial charge in [-0.15, -0.1) is 0 Å². The van der Waals surface area contributed by atoms with Crippen molar-refractivity contribution in [2.45, 2.75) is 46.1 Å². The van der Waals surface area contributed by atoms with E-state index >= 15 is 0 Å². The highest BCUT2D eigenvalue weighted by Gasteiger charge is 2.59. The number of fused-ring (bicyclic) bond motifs is 2. The first-order valence-electron chi connectivity index (χ1n) is 9.07. The molecule has 2 aromatic rings. The van der Waals surface area contributed by atoms with Crippen molar-refractivity contribution in [1.82, 2.24) is 0 Å². The second-order valence-corrected chi connectivity index (χ2v) is 8.43. The molecule has 24 heavy (non-hydrogen) atoms. The lowest BCUT2D eigenvalue weighted by Gasteiger charge is -2.43. The van der Waals surface area contributed by atoms with E-state index in [0.717, 1.165) is 17.4 Å². The molecule has 2 aliphatic rings. The van der Waals surface area contributed by atoms with Gasteiger partial charge in [0.25, 0.3) is 0 Å². The Morgan fingerprint density at radius 1 is 0.917 bits per heavy atom. The van der Waals surface area contributed by atoms with Crippen LogP contribution in [0.15, 0.2) is 54.6 Å². The summed E-state index contributed by atoms with van der Waals surface area (Å²) >= 11 is 0. The largest absolute Gasteiger partial charge is 0.457 e. The van der Waals surface area contributed by atoms with Crippen LogP contribution in [0, 0.1) is 16.7 Å². The summed E-state index contributed by atoms with van der Waals surface area (Å²) < 4.78 is 5.89. The zero-order valence-electron chi connectivity index (χ0n) is 14.9. The topological polar surface area (TPSA) is 21.3 Å². The fourth-order valence-electron chi connectivity index (χ4n) is 5.07. The van der Waals surface area contributed by atoms with Gasteiger partial charge in [-0.3, -0.25) is 0 Å². The van der Waals surface area contributed by atoms with Gasteiger partial charge in [0, 0.05) is 11.7 Å². The van der Waals surface area contributed by atoms with Gasteiger partial charge in [0.15, 0.2) is 0 Å². The third-order valence-corrected chi connectivity index (χ3v) is 6.41. The van der Waals surface area contributed by atoms with Gasteiger partial charge < -0.3 is 10.1 Å². The Hall–Kier alpha value is -1.96. The Kier molecular flexibility index (Phi) is 3.59.